The number of aryl methyl sites for hydroxylation is 1. The lowest BCUT2D eigenvalue weighted by molar-refractivity contribution is 0.230. The molecule has 0 unspecified atom stereocenters. The molecule has 0 fully saturated rings. The maximum absolute atomic E-state index is 11.8. The van der Waals surface area contributed by atoms with Crippen LogP contribution >= 0.6 is 0 Å². The summed E-state index contributed by atoms with van der Waals surface area (Å²) in [4.78, 5) is 18.3. The van der Waals surface area contributed by atoms with E-state index >= 15 is 0 Å². The summed E-state index contributed by atoms with van der Waals surface area (Å²) in [6.07, 6.45) is 6.45. The molecule has 37 heavy (non-hydrogen) atoms. The van der Waals surface area contributed by atoms with Gasteiger partial charge in [0.2, 0.25) is 10.0 Å². The van der Waals surface area contributed by atoms with E-state index in [0.717, 1.165) is 60.9 Å². The molecular formula is C28H32N4O4S. The number of nitrogens with zero attached hydrogens (tertiary/aromatic N) is 3. The number of hydrogen-bond donors (Lipinski definition) is 1. The van der Waals surface area contributed by atoms with Gasteiger partial charge in [-0.3, -0.25) is 19.4 Å². The highest BCUT2D eigenvalue weighted by atomic mass is 32.2. The van der Waals surface area contributed by atoms with Gasteiger partial charge in [0.05, 0.1) is 18.4 Å². The molecule has 9 heteroatoms. The van der Waals surface area contributed by atoms with Crippen LogP contribution in [0.15, 0.2) is 83.9 Å². The molecule has 2 heterocycles. The molecule has 0 saturated carbocycles. The number of hydrogen-bond acceptors (Lipinski definition) is 6. The summed E-state index contributed by atoms with van der Waals surface area (Å²) in [5.74, 6) is 0.787. The van der Waals surface area contributed by atoms with Crippen molar-refractivity contribution in [1.82, 2.24) is 14.5 Å². The van der Waals surface area contributed by atoms with Crippen molar-refractivity contribution in [3.8, 4) is 5.75 Å². The van der Waals surface area contributed by atoms with Crippen LogP contribution in [0, 0.1) is 0 Å². The Labute approximate surface area is 217 Å². The molecule has 2 aromatic carbocycles. The van der Waals surface area contributed by atoms with Crippen LogP contribution in [0.1, 0.15) is 17.5 Å². The third-order valence-corrected chi connectivity index (χ3v) is 6.72. The molecule has 0 spiro atoms. The van der Waals surface area contributed by atoms with E-state index < -0.39 is 10.0 Å². The molecule has 0 aliphatic carbocycles. The van der Waals surface area contributed by atoms with Crippen molar-refractivity contribution < 1.29 is 13.2 Å². The van der Waals surface area contributed by atoms with Crippen molar-refractivity contribution in [2.24, 2.45) is 7.05 Å². The van der Waals surface area contributed by atoms with Gasteiger partial charge in [0.25, 0.3) is 5.56 Å². The van der Waals surface area contributed by atoms with E-state index in [4.69, 9.17) is 4.74 Å². The average Bonchev–Trinajstić information content (AvgIpc) is 2.88. The van der Waals surface area contributed by atoms with Crippen LogP contribution in [0.2, 0.25) is 0 Å². The second-order valence-corrected chi connectivity index (χ2v) is 10.9. The molecule has 4 aromatic rings. The van der Waals surface area contributed by atoms with Gasteiger partial charge in [0, 0.05) is 56.2 Å². The first-order chi connectivity index (χ1) is 17.8. The van der Waals surface area contributed by atoms with Crippen molar-refractivity contribution in [2.75, 3.05) is 30.7 Å². The van der Waals surface area contributed by atoms with Gasteiger partial charge in [-0.1, -0.05) is 12.1 Å². The molecule has 8 nitrogen and oxygen atoms in total. The Kier molecular flexibility index (Phi) is 8.58. The van der Waals surface area contributed by atoms with Crippen LogP contribution < -0.4 is 15.0 Å². The zero-order valence-corrected chi connectivity index (χ0v) is 21.9. The number of anilines is 1. The zero-order chi connectivity index (χ0) is 26.3. The molecule has 0 amide bonds. The molecule has 0 aliphatic heterocycles. The first kappa shape index (κ1) is 26.4. The standard InChI is InChI=1S/C28H32N4O4S/c1-31-27-10-9-26(20-24(27)6-11-28(31)33)36-19-3-17-32(21-23-12-15-29-16-13-23)18-14-22-4-7-25(8-5-22)30-37(2,34)35/h4-13,15-16,20,30H,3,14,17-19,21H2,1-2H3. The SMILES string of the molecule is Cn1c(=O)ccc2cc(OCCCN(CCc3ccc(NS(C)(=O)=O)cc3)Cc3ccncc3)ccc21. The summed E-state index contributed by atoms with van der Waals surface area (Å²) >= 11 is 0. The van der Waals surface area contributed by atoms with Crippen molar-refractivity contribution in [2.45, 2.75) is 19.4 Å². The number of ether oxygens (including phenoxy) is 1. The Morgan fingerprint density at radius 1 is 0.946 bits per heavy atom. The summed E-state index contributed by atoms with van der Waals surface area (Å²) in [7, 11) is -1.52. The van der Waals surface area contributed by atoms with Crippen LogP contribution in [0.3, 0.4) is 0 Å². The predicted molar refractivity (Wildman–Crippen MR) is 147 cm³/mol. The van der Waals surface area contributed by atoms with Crippen LogP contribution in [0.25, 0.3) is 10.9 Å². The molecule has 0 bridgehead atoms. The van der Waals surface area contributed by atoms with E-state index in [-0.39, 0.29) is 5.56 Å². The minimum atomic E-state index is -3.29. The molecule has 194 valence electrons. The van der Waals surface area contributed by atoms with Crippen LogP contribution in [-0.4, -0.2) is 48.8 Å². The summed E-state index contributed by atoms with van der Waals surface area (Å²) in [5, 5.41) is 0.969. The Hall–Kier alpha value is -3.69. The van der Waals surface area contributed by atoms with Gasteiger partial charge >= 0.3 is 0 Å². The molecule has 0 saturated heterocycles. The van der Waals surface area contributed by atoms with Gasteiger partial charge in [-0.15, -0.1) is 0 Å². The Bertz CT molecular complexity index is 1490. The Morgan fingerprint density at radius 3 is 2.43 bits per heavy atom. The van der Waals surface area contributed by atoms with Gasteiger partial charge in [-0.05, 0) is 72.5 Å². The van der Waals surface area contributed by atoms with Crippen LogP contribution in [-0.2, 0) is 30.0 Å². The first-order valence-corrected chi connectivity index (χ1v) is 14.1. The Morgan fingerprint density at radius 2 is 1.70 bits per heavy atom. The van der Waals surface area contributed by atoms with Crippen molar-refractivity contribution in [3.63, 3.8) is 0 Å². The monoisotopic (exact) mass is 520 g/mol. The van der Waals surface area contributed by atoms with Gasteiger partial charge in [-0.2, -0.15) is 0 Å². The highest BCUT2D eigenvalue weighted by Gasteiger charge is 2.09. The number of pyridine rings is 2. The second kappa shape index (κ2) is 12.0. The lowest BCUT2D eigenvalue weighted by Crippen LogP contribution is -2.28. The lowest BCUT2D eigenvalue weighted by Gasteiger charge is -2.22. The smallest absolute Gasteiger partial charge is 0.250 e. The van der Waals surface area contributed by atoms with Crippen LogP contribution in [0.5, 0.6) is 5.75 Å². The normalized spacial score (nSPS) is 11.6. The van der Waals surface area contributed by atoms with E-state index in [1.54, 1.807) is 42.2 Å². The number of sulfonamides is 1. The second-order valence-electron chi connectivity index (χ2n) is 9.11. The fourth-order valence-corrected chi connectivity index (χ4v) is 4.75. The third-order valence-electron chi connectivity index (χ3n) is 6.11. The number of rotatable bonds is 12. The number of fused-ring (bicyclic) bond motifs is 1. The van der Waals surface area contributed by atoms with E-state index in [0.29, 0.717) is 12.3 Å². The van der Waals surface area contributed by atoms with Gasteiger partial charge in [0.15, 0.2) is 0 Å². The van der Waals surface area contributed by atoms with Gasteiger partial charge in [-0.25, -0.2) is 8.42 Å². The van der Waals surface area contributed by atoms with Crippen molar-refractivity contribution in [3.05, 3.63) is 101 Å². The minimum absolute atomic E-state index is 0.0306. The topological polar surface area (TPSA) is 93.5 Å². The van der Waals surface area contributed by atoms with Crippen molar-refractivity contribution in [1.29, 1.82) is 0 Å². The number of benzene rings is 2. The zero-order valence-electron chi connectivity index (χ0n) is 21.1. The molecule has 2 aromatic heterocycles. The molecular weight excluding hydrogens is 488 g/mol. The first-order valence-electron chi connectivity index (χ1n) is 12.2. The fraction of sp³-hybridized carbons (Fsp3) is 0.286. The quantitative estimate of drug-likeness (QED) is 0.286. The highest BCUT2D eigenvalue weighted by molar-refractivity contribution is 7.92. The van der Waals surface area contributed by atoms with E-state index in [1.165, 1.54) is 5.56 Å². The molecule has 1 N–H and O–H groups in total. The molecule has 0 atom stereocenters. The highest BCUT2D eigenvalue weighted by Crippen LogP contribution is 2.19. The van der Waals surface area contributed by atoms with Gasteiger partial charge in [0.1, 0.15) is 5.75 Å². The lowest BCUT2D eigenvalue weighted by atomic mass is 10.1. The van der Waals surface area contributed by atoms with Crippen molar-refractivity contribution >= 4 is 26.6 Å². The summed E-state index contributed by atoms with van der Waals surface area (Å²) in [6.45, 7) is 3.10. The average molecular weight is 521 g/mol. The van der Waals surface area contributed by atoms with E-state index in [9.17, 15) is 13.2 Å². The summed E-state index contributed by atoms with van der Waals surface area (Å²) < 4.78 is 33.0. The fourth-order valence-electron chi connectivity index (χ4n) is 4.19. The Balaban J connectivity index is 1.33. The molecule has 4 rings (SSSR count). The maximum atomic E-state index is 11.8. The number of nitrogens with one attached hydrogen (secondary N) is 1. The largest absolute Gasteiger partial charge is 0.494 e. The van der Waals surface area contributed by atoms with E-state index in [1.807, 2.05) is 48.5 Å². The third kappa shape index (κ3) is 7.90. The molecule has 0 aliphatic rings. The summed E-state index contributed by atoms with van der Waals surface area (Å²) in [6, 6.07) is 20.7. The summed E-state index contributed by atoms with van der Waals surface area (Å²) in [5.41, 5.74) is 3.75. The molecule has 0 radical (unpaired) electrons. The van der Waals surface area contributed by atoms with E-state index in [2.05, 4.69) is 14.6 Å². The minimum Gasteiger partial charge on any atom is -0.494 e. The number of aromatic nitrogens is 2. The van der Waals surface area contributed by atoms with Crippen LogP contribution in [0.4, 0.5) is 5.69 Å². The maximum Gasteiger partial charge on any atom is 0.250 e. The predicted octanol–water partition coefficient (Wildman–Crippen LogP) is 3.82. The van der Waals surface area contributed by atoms with Gasteiger partial charge < -0.3 is 9.30 Å².